The molecule has 0 aromatic carbocycles. The minimum absolute atomic E-state index is 0.126. The zero-order valence-corrected chi connectivity index (χ0v) is 13.7. The van der Waals surface area contributed by atoms with E-state index >= 15 is 0 Å². The van der Waals surface area contributed by atoms with Crippen molar-refractivity contribution >= 4 is 23.1 Å². The first-order chi connectivity index (χ1) is 11.7. The number of rotatable bonds is 2. The second kappa shape index (κ2) is 6.15. The Labute approximate surface area is 146 Å². The molecule has 1 unspecified atom stereocenters. The van der Waals surface area contributed by atoms with Gasteiger partial charge in [-0.25, -0.2) is 4.79 Å². The van der Waals surface area contributed by atoms with E-state index in [0.29, 0.717) is 5.56 Å². The number of furan rings is 1. The van der Waals surface area contributed by atoms with Gasteiger partial charge in [0.25, 0.3) is 0 Å². The molecular formula is C17H13ClF3NO3. The Bertz CT molecular complexity index is 832. The molecule has 0 aliphatic carbocycles. The van der Waals surface area contributed by atoms with Crippen LogP contribution in [0.1, 0.15) is 18.9 Å². The molecule has 0 saturated carbocycles. The number of fused-ring (bicyclic) bond motifs is 1. The Kier molecular flexibility index (Phi) is 4.28. The Morgan fingerprint density at radius 2 is 2.16 bits per heavy atom. The summed E-state index contributed by atoms with van der Waals surface area (Å²) >= 11 is 6.21. The smallest absolute Gasteiger partial charge is 0.418 e. The van der Waals surface area contributed by atoms with Crippen LogP contribution in [0.25, 0.3) is 5.57 Å². The lowest BCUT2D eigenvalue weighted by molar-refractivity contribution is -0.133. The van der Waals surface area contributed by atoms with Gasteiger partial charge in [0.05, 0.1) is 29.4 Å². The van der Waals surface area contributed by atoms with Crippen molar-refractivity contribution in [3.63, 3.8) is 0 Å². The van der Waals surface area contributed by atoms with E-state index in [0.717, 1.165) is 11.0 Å². The SMILES string of the molecule is CC1CC=C2C(C(F)(F)F)=CC(c3ccoc3)=CN2C(Cl)=C1C(=O)O. The number of hydrogen-bond donors (Lipinski definition) is 1. The van der Waals surface area contributed by atoms with E-state index in [4.69, 9.17) is 16.0 Å². The summed E-state index contributed by atoms with van der Waals surface area (Å²) in [7, 11) is 0. The van der Waals surface area contributed by atoms with Gasteiger partial charge in [-0.15, -0.1) is 0 Å². The zero-order valence-electron chi connectivity index (χ0n) is 13.0. The summed E-state index contributed by atoms with van der Waals surface area (Å²) in [4.78, 5) is 12.6. The number of carbonyl (C=O) groups is 1. The van der Waals surface area contributed by atoms with E-state index in [-0.39, 0.29) is 28.4 Å². The maximum atomic E-state index is 13.6. The van der Waals surface area contributed by atoms with Crippen LogP contribution in [-0.4, -0.2) is 22.2 Å². The lowest BCUT2D eigenvalue weighted by Crippen LogP contribution is -2.27. The molecule has 25 heavy (non-hydrogen) atoms. The minimum atomic E-state index is -4.62. The lowest BCUT2D eigenvalue weighted by atomic mass is 9.97. The van der Waals surface area contributed by atoms with Crippen LogP contribution in [-0.2, 0) is 4.79 Å². The first-order valence-electron chi connectivity index (χ1n) is 7.36. The predicted molar refractivity (Wildman–Crippen MR) is 85.0 cm³/mol. The van der Waals surface area contributed by atoms with Gasteiger partial charge in [0, 0.05) is 17.3 Å². The van der Waals surface area contributed by atoms with E-state index in [9.17, 15) is 23.1 Å². The zero-order chi connectivity index (χ0) is 18.4. The summed E-state index contributed by atoms with van der Waals surface area (Å²) in [5.41, 5.74) is -0.537. The van der Waals surface area contributed by atoms with Crippen molar-refractivity contribution in [2.45, 2.75) is 19.5 Å². The van der Waals surface area contributed by atoms with Crippen molar-refractivity contribution in [2.75, 3.05) is 0 Å². The van der Waals surface area contributed by atoms with Gasteiger partial charge in [-0.1, -0.05) is 24.6 Å². The molecule has 8 heteroatoms. The summed E-state index contributed by atoms with van der Waals surface area (Å²) in [6.07, 6.45) is 1.91. The second-order valence-corrected chi connectivity index (χ2v) is 6.12. The molecule has 0 radical (unpaired) electrons. The number of carboxylic acid groups (broad SMARTS) is 1. The van der Waals surface area contributed by atoms with Gasteiger partial charge in [0.1, 0.15) is 5.16 Å². The average molecular weight is 372 g/mol. The standard InChI is InChI=1S/C17H13ClF3NO3/c1-9-2-3-13-12(17(19,20)21)6-11(10-4-5-25-8-10)7-22(13)15(18)14(9)16(23)24/h3-9H,2H2,1H3,(H,23,24). The molecule has 1 aromatic heterocycles. The normalized spacial score (nSPS) is 21.2. The van der Waals surface area contributed by atoms with Gasteiger partial charge in [0.15, 0.2) is 0 Å². The fourth-order valence-corrected chi connectivity index (χ4v) is 3.23. The molecule has 0 spiro atoms. The van der Waals surface area contributed by atoms with Crippen LogP contribution in [0.4, 0.5) is 13.2 Å². The summed E-state index contributed by atoms with van der Waals surface area (Å²) in [5.74, 6) is -1.78. The molecule has 0 bridgehead atoms. The van der Waals surface area contributed by atoms with Gasteiger partial charge in [-0.3, -0.25) is 0 Å². The number of hydrogen-bond acceptors (Lipinski definition) is 3. The molecule has 0 amide bonds. The molecule has 0 fully saturated rings. The van der Waals surface area contributed by atoms with Gasteiger partial charge >= 0.3 is 12.1 Å². The van der Waals surface area contributed by atoms with E-state index in [1.165, 1.54) is 30.9 Å². The molecule has 2 aliphatic heterocycles. The first kappa shape index (κ1) is 17.4. The molecule has 132 valence electrons. The second-order valence-electron chi connectivity index (χ2n) is 5.76. The first-order valence-corrected chi connectivity index (χ1v) is 7.74. The Balaban J connectivity index is 2.23. The third-order valence-corrected chi connectivity index (χ3v) is 4.47. The van der Waals surface area contributed by atoms with E-state index in [2.05, 4.69) is 0 Å². The molecule has 3 rings (SSSR count). The number of allylic oxidation sites excluding steroid dienone is 4. The highest BCUT2D eigenvalue weighted by molar-refractivity contribution is 6.31. The number of halogens is 4. The molecular weight excluding hydrogens is 359 g/mol. The van der Waals surface area contributed by atoms with Crippen molar-refractivity contribution in [3.8, 4) is 0 Å². The third-order valence-electron chi connectivity index (χ3n) is 4.09. The number of nitrogens with zero attached hydrogens (tertiary/aromatic N) is 1. The van der Waals surface area contributed by atoms with Crippen LogP contribution in [0.3, 0.4) is 0 Å². The fourth-order valence-electron chi connectivity index (χ4n) is 2.83. The summed E-state index contributed by atoms with van der Waals surface area (Å²) in [6.45, 7) is 1.61. The van der Waals surface area contributed by atoms with Crippen LogP contribution < -0.4 is 0 Å². The summed E-state index contributed by atoms with van der Waals surface area (Å²) in [5, 5.41) is 9.15. The van der Waals surface area contributed by atoms with E-state index in [1.807, 2.05) is 0 Å². The van der Waals surface area contributed by atoms with Crippen LogP contribution in [0.5, 0.6) is 0 Å². The largest absolute Gasteiger partial charge is 0.478 e. The van der Waals surface area contributed by atoms with Crippen molar-refractivity contribution < 1.29 is 27.5 Å². The predicted octanol–water partition coefficient (Wildman–Crippen LogP) is 4.88. The molecule has 1 atom stereocenters. The molecule has 3 heterocycles. The van der Waals surface area contributed by atoms with Crippen LogP contribution in [0, 0.1) is 5.92 Å². The molecule has 1 aromatic rings. The average Bonchev–Trinajstić information content (AvgIpc) is 3.01. The van der Waals surface area contributed by atoms with Gasteiger partial charge in [-0.2, -0.15) is 13.2 Å². The highest BCUT2D eigenvalue weighted by Crippen LogP contribution is 2.44. The lowest BCUT2D eigenvalue weighted by Gasteiger charge is -2.30. The Hall–Kier alpha value is -2.41. The van der Waals surface area contributed by atoms with E-state index in [1.54, 1.807) is 6.92 Å². The van der Waals surface area contributed by atoms with Gasteiger partial charge < -0.3 is 14.4 Å². The van der Waals surface area contributed by atoms with Gasteiger partial charge in [-0.05, 0) is 24.5 Å². The maximum Gasteiger partial charge on any atom is 0.418 e. The van der Waals surface area contributed by atoms with Crippen LogP contribution in [0.2, 0.25) is 0 Å². The third kappa shape index (κ3) is 3.11. The molecule has 4 nitrogen and oxygen atoms in total. The molecule has 2 aliphatic rings. The quantitative estimate of drug-likeness (QED) is 0.752. The van der Waals surface area contributed by atoms with Crippen molar-refractivity contribution in [2.24, 2.45) is 5.92 Å². The van der Waals surface area contributed by atoms with Crippen LogP contribution >= 0.6 is 11.6 Å². The number of aliphatic carboxylic acids is 1. The maximum absolute atomic E-state index is 13.6. The van der Waals surface area contributed by atoms with Crippen molar-refractivity contribution in [3.05, 3.63) is 64.5 Å². The molecule has 0 saturated heterocycles. The number of alkyl halides is 3. The Morgan fingerprint density at radius 3 is 2.72 bits per heavy atom. The topological polar surface area (TPSA) is 53.7 Å². The van der Waals surface area contributed by atoms with Crippen molar-refractivity contribution in [1.82, 2.24) is 4.90 Å². The summed E-state index contributed by atoms with van der Waals surface area (Å²) in [6, 6.07) is 1.52. The highest BCUT2D eigenvalue weighted by atomic mass is 35.5. The molecule has 1 N–H and O–H groups in total. The summed E-state index contributed by atoms with van der Waals surface area (Å²) < 4.78 is 45.7. The van der Waals surface area contributed by atoms with E-state index < -0.39 is 23.6 Å². The van der Waals surface area contributed by atoms with Crippen molar-refractivity contribution in [1.29, 1.82) is 0 Å². The van der Waals surface area contributed by atoms with Gasteiger partial charge in [0.2, 0.25) is 0 Å². The monoisotopic (exact) mass is 371 g/mol. The Morgan fingerprint density at radius 1 is 1.44 bits per heavy atom. The van der Waals surface area contributed by atoms with Crippen LogP contribution in [0.15, 0.2) is 63.4 Å². The highest BCUT2D eigenvalue weighted by Gasteiger charge is 2.42. The number of carboxylic acids is 1. The fraction of sp³-hybridized carbons (Fsp3) is 0.235. The minimum Gasteiger partial charge on any atom is -0.478 e.